The van der Waals surface area contributed by atoms with E-state index >= 15 is 0 Å². The van der Waals surface area contributed by atoms with Crippen LogP contribution in [0.2, 0.25) is 18.1 Å². The zero-order chi connectivity index (χ0) is 12.2. The molecule has 2 aromatic carbocycles. The van der Waals surface area contributed by atoms with Crippen molar-refractivity contribution in [2.24, 2.45) is 0 Å². The van der Waals surface area contributed by atoms with E-state index in [1.54, 1.807) is 12.1 Å². The fourth-order valence-electron chi connectivity index (χ4n) is 2.80. The van der Waals surface area contributed by atoms with E-state index in [2.05, 4.69) is 13.1 Å². The summed E-state index contributed by atoms with van der Waals surface area (Å²) in [4.78, 5) is 0. The molecule has 0 spiro atoms. The molecule has 0 bridgehead atoms. The third-order valence-corrected chi connectivity index (χ3v) is 7.63. The Hall–Kier alpha value is -1.12. The molecule has 1 heterocycles. The predicted molar refractivity (Wildman–Crippen MR) is 73.6 cm³/mol. The average molecular weight is 263 g/mol. The smallest absolute Gasteiger partial charge is 0.123 e. The van der Waals surface area contributed by atoms with Crippen molar-refractivity contribution in [3.63, 3.8) is 0 Å². The van der Waals surface area contributed by atoms with E-state index in [-0.39, 0.29) is 5.82 Å². The Labute approximate surface area is 106 Å². The lowest BCUT2D eigenvalue weighted by Crippen LogP contribution is -2.49. The first kappa shape index (κ1) is 11.0. The molecule has 1 aliphatic heterocycles. The van der Waals surface area contributed by atoms with Crippen molar-refractivity contribution in [2.45, 2.75) is 13.1 Å². The molecular formula is C14H12ClFSi. The van der Waals surface area contributed by atoms with Gasteiger partial charge in [0, 0.05) is 5.02 Å². The van der Waals surface area contributed by atoms with Crippen LogP contribution >= 0.6 is 11.6 Å². The van der Waals surface area contributed by atoms with Crippen LogP contribution in [0.4, 0.5) is 4.39 Å². The molecule has 1 aliphatic rings. The van der Waals surface area contributed by atoms with E-state index in [1.165, 1.54) is 10.4 Å². The highest BCUT2D eigenvalue weighted by molar-refractivity contribution is 7.04. The molecule has 0 atom stereocenters. The van der Waals surface area contributed by atoms with Crippen molar-refractivity contribution in [2.75, 3.05) is 0 Å². The average Bonchev–Trinajstić information content (AvgIpc) is 2.49. The fourth-order valence-corrected chi connectivity index (χ4v) is 6.91. The number of hydrogen-bond acceptors (Lipinski definition) is 0. The van der Waals surface area contributed by atoms with Gasteiger partial charge in [0.25, 0.3) is 0 Å². The normalized spacial score (nSPS) is 15.5. The molecule has 2 aromatic rings. The molecule has 3 heteroatoms. The van der Waals surface area contributed by atoms with Gasteiger partial charge in [-0.15, -0.1) is 0 Å². The number of rotatable bonds is 0. The minimum atomic E-state index is -1.75. The van der Waals surface area contributed by atoms with Crippen molar-refractivity contribution in [1.82, 2.24) is 0 Å². The highest BCUT2D eigenvalue weighted by Crippen LogP contribution is 2.31. The van der Waals surface area contributed by atoms with Gasteiger partial charge >= 0.3 is 0 Å². The molecule has 0 unspecified atom stereocenters. The van der Waals surface area contributed by atoms with Crippen LogP contribution in [0.3, 0.4) is 0 Å². The zero-order valence-electron chi connectivity index (χ0n) is 9.72. The number of hydrogen-bond donors (Lipinski definition) is 0. The highest BCUT2D eigenvalue weighted by Gasteiger charge is 2.38. The van der Waals surface area contributed by atoms with Crippen LogP contribution in [-0.4, -0.2) is 8.07 Å². The lowest BCUT2D eigenvalue weighted by Gasteiger charge is -2.19. The maximum atomic E-state index is 13.4. The first-order valence-corrected chi connectivity index (χ1v) is 8.99. The van der Waals surface area contributed by atoms with Crippen molar-refractivity contribution in [1.29, 1.82) is 0 Å². The summed E-state index contributed by atoms with van der Waals surface area (Å²) < 4.78 is 13.4. The zero-order valence-corrected chi connectivity index (χ0v) is 11.5. The Morgan fingerprint density at radius 3 is 2.59 bits per heavy atom. The van der Waals surface area contributed by atoms with Gasteiger partial charge in [-0.1, -0.05) is 42.9 Å². The molecule has 3 rings (SSSR count). The molecule has 0 nitrogen and oxygen atoms in total. The molecule has 17 heavy (non-hydrogen) atoms. The van der Waals surface area contributed by atoms with Gasteiger partial charge in [0.2, 0.25) is 0 Å². The van der Waals surface area contributed by atoms with Gasteiger partial charge in [0.15, 0.2) is 0 Å². The molecule has 0 radical (unpaired) electrons. The molecule has 0 saturated heterocycles. The quantitative estimate of drug-likeness (QED) is 0.639. The highest BCUT2D eigenvalue weighted by atomic mass is 35.5. The van der Waals surface area contributed by atoms with Crippen molar-refractivity contribution >= 4 is 30.0 Å². The summed E-state index contributed by atoms with van der Waals surface area (Å²) in [6.07, 6.45) is 0. The van der Waals surface area contributed by atoms with Crippen LogP contribution in [0, 0.1) is 5.82 Å². The molecule has 86 valence electrons. The van der Waals surface area contributed by atoms with Gasteiger partial charge in [0.05, 0.1) is 0 Å². The summed E-state index contributed by atoms with van der Waals surface area (Å²) in [5.74, 6) is -0.179. The van der Waals surface area contributed by atoms with Crippen molar-refractivity contribution in [3.8, 4) is 11.1 Å². The van der Waals surface area contributed by atoms with Crippen LogP contribution in [0.1, 0.15) is 0 Å². The summed E-state index contributed by atoms with van der Waals surface area (Å²) >= 11 is 6.33. The summed E-state index contributed by atoms with van der Waals surface area (Å²) in [5, 5.41) is 3.33. The second-order valence-corrected chi connectivity index (χ2v) is 9.67. The first-order chi connectivity index (χ1) is 8.01. The van der Waals surface area contributed by atoms with Crippen LogP contribution in [0.15, 0.2) is 36.4 Å². The van der Waals surface area contributed by atoms with Crippen LogP contribution in [0.25, 0.3) is 11.1 Å². The molecule has 0 saturated carbocycles. The topological polar surface area (TPSA) is 0 Å². The standard InChI is InChI=1S/C14H12ClFSi/c1-17(2)13-7-6-9(16)8-11(13)10-4-3-5-12(15)14(10)17/h3-8H,1-2H3. The van der Waals surface area contributed by atoms with Crippen LogP contribution < -0.4 is 10.4 Å². The molecule has 0 amide bonds. The van der Waals surface area contributed by atoms with Gasteiger partial charge in [-0.25, -0.2) is 4.39 Å². The van der Waals surface area contributed by atoms with E-state index in [4.69, 9.17) is 11.6 Å². The maximum absolute atomic E-state index is 13.4. The Balaban J connectivity index is 2.43. The Morgan fingerprint density at radius 1 is 1.06 bits per heavy atom. The Kier molecular flexibility index (Phi) is 2.22. The third kappa shape index (κ3) is 1.41. The minimum absolute atomic E-state index is 0.179. The van der Waals surface area contributed by atoms with E-state index in [0.717, 1.165) is 16.1 Å². The van der Waals surface area contributed by atoms with Gasteiger partial charge in [-0.2, -0.15) is 0 Å². The number of halogens is 2. The Bertz CT molecular complexity index is 620. The van der Waals surface area contributed by atoms with E-state index in [0.29, 0.717) is 0 Å². The third-order valence-electron chi connectivity index (χ3n) is 3.58. The number of fused-ring (bicyclic) bond motifs is 3. The molecule has 0 aliphatic carbocycles. The van der Waals surface area contributed by atoms with Gasteiger partial charge < -0.3 is 0 Å². The van der Waals surface area contributed by atoms with Crippen LogP contribution in [-0.2, 0) is 0 Å². The summed E-state index contributed by atoms with van der Waals surface area (Å²) in [7, 11) is -1.75. The Morgan fingerprint density at radius 2 is 1.82 bits per heavy atom. The first-order valence-electron chi connectivity index (χ1n) is 5.61. The lowest BCUT2D eigenvalue weighted by atomic mass is 10.1. The van der Waals surface area contributed by atoms with Crippen molar-refractivity contribution in [3.05, 3.63) is 47.2 Å². The summed E-state index contributed by atoms with van der Waals surface area (Å²) in [6, 6.07) is 11.0. The predicted octanol–water partition coefficient (Wildman–Crippen LogP) is 3.28. The molecule has 0 fully saturated rings. The summed E-state index contributed by atoms with van der Waals surface area (Å²) in [5.41, 5.74) is 2.14. The lowest BCUT2D eigenvalue weighted by molar-refractivity contribution is 0.629. The maximum Gasteiger partial charge on any atom is 0.123 e. The number of benzene rings is 2. The molecule has 0 N–H and O–H groups in total. The van der Waals surface area contributed by atoms with Crippen molar-refractivity contribution < 1.29 is 4.39 Å². The van der Waals surface area contributed by atoms with E-state index in [1.807, 2.05) is 24.3 Å². The molecule has 0 aromatic heterocycles. The second kappa shape index (κ2) is 3.44. The molecular weight excluding hydrogens is 251 g/mol. The van der Waals surface area contributed by atoms with Gasteiger partial charge in [-0.05, 0) is 39.7 Å². The SMILES string of the molecule is C[Si]1(C)c2ccc(F)cc2-c2cccc(Cl)c21. The minimum Gasteiger partial charge on any atom is -0.207 e. The fraction of sp³-hybridized carbons (Fsp3) is 0.143. The monoisotopic (exact) mass is 262 g/mol. The van der Waals surface area contributed by atoms with Gasteiger partial charge in [-0.3, -0.25) is 0 Å². The second-order valence-electron chi connectivity index (χ2n) is 4.98. The van der Waals surface area contributed by atoms with Gasteiger partial charge in [0.1, 0.15) is 13.9 Å². The largest absolute Gasteiger partial charge is 0.207 e. The summed E-state index contributed by atoms with van der Waals surface area (Å²) in [6.45, 7) is 4.53. The van der Waals surface area contributed by atoms with Crippen LogP contribution in [0.5, 0.6) is 0 Å². The van der Waals surface area contributed by atoms with E-state index in [9.17, 15) is 4.39 Å². The van der Waals surface area contributed by atoms with E-state index < -0.39 is 8.07 Å².